The summed E-state index contributed by atoms with van der Waals surface area (Å²) in [4.78, 5) is 16.2. The zero-order valence-corrected chi connectivity index (χ0v) is 13.5. The average molecular weight is 312 g/mol. The number of carbonyl (C=O) groups is 1. The number of primary amides is 1. The van der Waals surface area contributed by atoms with E-state index in [2.05, 4.69) is 24.1 Å². The van der Waals surface area contributed by atoms with E-state index in [4.69, 9.17) is 10.6 Å². The van der Waals surface area contributed by atoms with Gasteiger partial charge in [-0.3, -0.25) is 4.79 Å². The third kappa shape index (κ3) is 2.84. The highest BCUT2D eigenvalue weighted by atomic mass is 16.6. The van der Waals surface area contributed by atoms with E-state index < -0.39 is 5.91 Å². The van der Waals surface area contributed by atoms with Crippen LogP contribution in [-0.4, -0.2) is 28.5 Å². The molecule has 120 valence electrons. The molecule has 0 radical (unpaired) electrons. The Morgan fingerprint density at radius 1 is 1.30 bits per heavy atom. The number of amides is 1. The molecule has 0 bridgehead atoms. The van der Waals surface area contributed by atoms with E-state index in [9.17, 15) is 4.79 Å². The normalized spacial score (nSPS) is 17.8. The Kier molecular flexibility index (Phi) is 3.67. The van der Waals surface area contributed by atoms with E-state index in [0.29, 0.717) is 5.56 Å². The molecule has 0 spiro atoms. The topological polar surface area (TPSA) is 82.5 Å². The van der Waals surface area contributed by atoms with Crippen molar-refractivity contribution in [1.29, 1.82) is 0 Å². The molecule has 0 saturated heterocycles. The van der Waals surface area contributed by atoms with Gasteiger partial charge in [-0.25, -0.2) is 4.68 Å². The largest absolute Gasteiger partial charge is 0.399 e. The fraction of sp³-hybridized carbons (Fsp3) is 0.353. The summed E-state index contributed by atoms with van der Waals surface area (Å²) in [5.74, 6) is -0.435. The molecule has 1 aliphatic carbocycles. The van der Waals surface area contributed by atoms with E-state index in [1.54, 1.807) is 19.2 Å². The van der Waals surface area contributed by atoms with Gasteiger partial charge in [0.2, 0.25) is 5.91 Å². The van der Waals surface area contributed by atoms with Crippen LogP contribution < -0.4 is 5.73 Å². The molecule has 1 aromatic carbocycles. The summed E-state index contributed by atoms with van der Waals surface area (Å²) < 4.78 is 1.90. The van der Waals surface area contributed by atoms with E-state index in [1.807, 2.05) is 23.0 Å². The summed E-state index contributed by atoms with van der Waals surface area (Å²) in [5.41, 5.74) is 9.78. The molecule has 0 fully saturated rings. The molecular weight excluding hydrogens is 292 g/mol. The number of hydrogen-bond acceptors (Lipinski definition) is 4. The van der Waals surface area contributed by atoms with Crippen molar-refractivity contribution >= 4 is 11.6 Å². The third-order valence-corrected chi connectivity index (χ3v) is 4.07. The van der Waals surface area contributed by atoms with Gasteiger partial charge < -0.3 is 10.6 Å². The van der Waals surface area contributed by atoms with Gasteiger partial charge in [0.25, 0.3) is 0 Å². The van der Waals surface area contributed by atoms with Gasteiger partial charge in [-0.05, 0) is 42.5 Å². The summed E-state index contributed by atoms with van der Waals surface area (Å²) in [5, 5.41) is 8.67. The number of fused-ring (bicyclic) bond motifs is 1. The minimum Gasteiger partial charge on any atom is -0.399 e. The van der Waals surface area contributed by atoms with Crippen molar-refractivity contribution < 1.29 is 9.63 Å². The van der Waals surface area contributed by atoms with Crippen LogP contribution in [0.2, 0.25) is 0 Å². The molecule has 23 heavy (non-hydrogen) atoms. The molecule has 1 heterocycles. The maximum atomic E-state index is 11.2. The fourth-order valence-electron chi connectivity index (χ4n) is 3.03. The number of oxime groups is 1. The Bertz CT molecular complexity index is 772. The van der Waals surface area contributed by atoms with Gasteiger partial charge in [0, 0.05) is 11.1 Å². The molecule has 1 aromatic heterocycles. The Labute approximate surface area is 134 Å². The van der Waals surface area contributed by atoms with Crippen LogP contribution in [0, 0.1) is 5.41 Å². The van der Waals surface area contributed by atoms with Crippen LogP contribution in [0.1, 0.15) is 41.9 Å². The van der Waals surface area contributed by atoms with Crippen LogP contribution in [0.25, 0.3) is 5.69 Å². The first-order chi connectivity index (χ1) is 10.9. The van der Waals surface area contributed by atoms with Crippen molar-refractivity contribution in [3.05, 3.63) is 47.3 Å². The number of nitrogens with zero attached hydrogens (tertiary/aromatic N) is 3. The Morgan fingerprint density at radius 3 is 2.61 bits per heavy atom. The minimum absolute atomic E-state index is 0.0787. The lowest BCUT2D eigenvalue weighted by molar-refractivity contribution is 0.100. The fourth-order valence-corrected chi connectivity index (χ4v) is 3.03. The number of rotatable bonds is 3. The molecule has 3 rings (SSSR count). The maximum Gasteiger partial charge on any atom is 0.248 e. The maximum absolute atomic E-state index is 11.2. The monoisotopic (exact) mass is 312 g/mol. The molecule has 2 N–H and O–H groups in total. The molecule has 2 aromatic rings. The smallest absolute Gasteiger partial charge is 0.248 e. The van der Waals surface area contributed by atoms with Crippen LogP contribution in [-0.2, 0) is 11.3 Å². The standard InChI is InChI=1S/C17H20N4O2/c1-17(2)8-14(20-23-3)13-10-19-21(15(13)9-17)12-6-4-11(5-7-12)16(18)22/h4-7,10H,8-9H2,1-3H3,(H2,18,22). The van der Waals surface area contributed by atoms with Crippen molar-refractivity contribution in [2.75, 3.05) is 7.11 Å². The number of aromatic nitrogens is 2. The van der Waals surface area contributed by atoms with Crippen molar-refractivity contribution in [3.63, 3.8) is 0 Å². The van der Waals surface area contributed by atoms with E-state index in [-0.39, 0.29) is 5.41 Å². The van der Waals surface area contributed by atoms with Gasteiger partial charge in [-0.1, -0.05) is 19.0 Å². The lowest BCUT2D eigenvalue weighted by Gasteiger charge is -2.30. The lowest BCUT2D eigenvalue weighted by atomic mass is 9.76. The first-order valence-electron chi connectivity index (χ1n) is 7.49. The Balaban J connectivity index is 2.06. The Morgan fingerprint density at radius 2 is 2.00 bits per heavy atom. The van der Waals surface area contributed by atoms with Crippen molar-refractivity contribution in [2.24, 2.45) is 16.3 Å². The lowest BCUT2D eigenvalue weighted by Crippen LogP contribution is -2.28. The first-order valence-corrected chi connectivity index (χ1v) is 7.49. The highest BCUT2D eigenvalue weighted by Crippen LogP contribution is 2.36. The molecule has 0 unspecified atom stereocenters. The molecule has 6 heteroatoms. The predicted octanol–water partition coefficient (Wildman–Crippen LogP) is 2.29. The van der Waals surface area contributed by atoms with Crippen LogP contribution in [0.4, 0.5) is 0 Å². The quantitative estimate of drug-likeness (QED) is 0.883. The van der Waals surface area contributed by atoms with Crippen LogP contribution in [0.5, 0.6) is 0 Å². The van der Waals surface area contributed by atoms with Crippen molar-refractivity contribution in [2.45, 2.75) is 26.7 Å². The average Bonchev–Trinajstić information content (AvgIpc) is 2.90. The third-order valence-electron chi connectivity index (χ3n) is 4.07. The summed E-state index contributed by atoms with van der Waals surface area (Å²) in [6, 6.07) is 7.12. The van der Waals surface area contributed by atoms with Crippen LogP contribution in [0.3, 0.4) is 0 Å². The number of carbonyl (C=O) groups excluding carboxylic acids is 1. The van der Waals surface area contributed by atoms with Gasteiger partial charge in [-0.2, -0.15) is 5.10 Å². The molecule has 6 nitrogen and oxygen atoms in total. The first kappa shape index (κ1) is 15.3. The van der Waals surface area contributed by atoms with E-state index >= 15 is 0 Å². The zero-order chi connectivity index (χ0) is 16.6. The second-order valence-electron chi connectivity index (χ2n) is 6.57. The summed E-state index contributed by atoms with van der Waals surface area (Å²) in [7, 11) is 1.56. The molecule has 1 aliphatic rings. The second kappa shape index (κ2) is 5.53. The summed E-state index contributed by atoms with van der Waals surface area (Å²) >= 11 is 0. The SMILES string of the molecule is CON=C1CC(C)(C)Cc2c1cnn2-c1ccc(C(N)=O)cc1. The van der Waals surface area contributed by atoms with Gasteiger partial charge in [-0.15, -0.1) is 0 Å². The Hall–Kier alpha value is -2.63. The number of benzene rings is 1. The van der Waals surface area contributed by atoms with E-state index in [1.165, 1.54) is 0 Å². The van der Waals surface area contributed by atoms with Crippen molar-refractivity contribution in [3.8, 4) is 5.69 Å². The number of nitrogens with two attached hydrogens (primary N) is 1. The summed E-state index contributed by atoms with van der Waals surface area (Å²) in [6.45, 7) is 4.41. The van der Waals surface area contributed by atoms with Gasteiger partial charge in [0.05, 0.1) is 23.3 Å². The van der Waals surface area contributed by atoms with E-state index in [0.717, 1.165) is 35.5 Å². The minimum atomic E-state index is -0.435. The molecule has 1 amide bonds. The van der Waals surface area contributed by atoms with Gasteiger partial charge in [0.15, 0.2) is 0 Å². The van der Waals surface area contributed by atoms with Crippen LogP contribution in [0.15, 0.2) is 35.6 Å². The molecular formula is C17H20N4O2. The molecule has 0 aliphatic heterocycles. The molecule has 0 saturated carbocycles. The summed E-state index contributed by atoms with van der Waals surface area (Å²) in [6.07, 6.45) is 3.56. The zero-order valence-electron chi connectivity index (χ0n) is 13.5. The predicted molar refractivity (Wildman–Crippen MR) is 87.7 cm³/mol. The van der Waals surface area contributed by atoms with Crippen LogP contribution >= 0.6 is 0 Å². The molecule has 0 atom stereocenters. The van der Waals surface area contributed by atoms with Gasteiger partial charge >= 0.3 is 0 Å². The highest BCUT2D eigenvalue weighted by molar-refractivity contribution is 6.02. The number of hydrogen-bond donors (Lipinski definition) is 1. The van der Waals surface area contributed by atoms with Gasteiger partial charge in [0.1, 0.15) is 7.11 Å². The highest BCUT2D eigenvalue weighted by Gasteiger charge is 2.33. The van der Waals surface area contributed by atoms with Crippen molar-refractivity contribution in [1.82, 2.24) is 9.78 Å². The second-order valence-corrected chi connectivity index (χ2v) is 6.57.